The highest BCUT2D eigenvalue weighted by Gasteiger charge is 2.10. The van der Waals surface area contributed by atoms with Gasteiger partial charge in [-0.3, -0.25) is 19.2 Å². The Bertz CT molecular complexity index is 1690. The minimum absolute atomic E-state index is 0.0828. The van der Waals surface area contributed by atoms with Crippen LogP contribution in [0.4, 0.5) is 11.4 Å². The van der Waals surface area contributed by atoms with E-state index in [4.69, 9.17) is 23.2 Å². The average Bonchev–Trinajstić information content (AvgIpc) is 3.07. The average molecular weight is 672 g/mol. The monoisotopic (exact) mass is 670 g/mol. The van der Waals surface area contributed by atoms with Crippen LogP contribution >= 0.6 is 23.2 Å². The Morgan fingerprint density at radius 1 is 0.553 bits per heavy atom. The molecule has 10 nitrogen and oxygen atoms in total. The molecule has 0 heterocycles. The minimum atomic E-state index is -0.346. The van der Waals surface area contributed by atoms with Gasteiger partial charge in [-0.2, -0.15) is 10.2 Å². The lowest BCUT2D eigenvalue weighted by Crippen LogP contribution is -2.22. The van der Waals surface area contributed by atoms with Gasteiger partial charge in [0.05, 0.1) is 11.4 Å². The Morgan fingerprint density at radius 3 is 1.32 bits per heavy atom. The van der Waals surface area contributed by atoms with Gasteiger partial charge in [-0.25, -0.2) is 10.9 Å². The van der Waals surface area contributed by atoms with Gasteiger partial charge in [-0.15, -0.1) is 0 Å². The summed E-state index contributed by atoms with van der Waals surface area (Å²) < 4.78 is 0. The molecule has 0 aromatic heterocycles. The van der Waals surface area contributed by atoms with E-state index in [2.05, 4.69) is 31.7 Å². The first-order chi connectivity index (χ1) is 22.6. The van der Waals surface area contributed by atoms with E-state index in [1.807, 2.05) is 12.1 Å². The van der Waals surface area contributed by atoms with Crippen LogP contribution in [0.15, 0.2) is 107 Å². The first kappa shape index (κ1) is 34.6. The Hall–Kier alpha value is -5.32. The van der Waals surface area contributed by atoms with Crippen molar-refractivity contribution in [3.8, 4) is 0 Å². The summed E-state index contributed by atoms with van der Waals surface area (Å²) in [6, 6.07) is 27.3. The molecule has 4 N–H and O–H groups in total. The summed E-state index contributed by atoms with van der Waals surface area (Å²) in [6.07, 6.45) is 0.456. The lowest BCUT2D eigenvalue weighted by molar-refractivity contribution is -0.122. The van der Waals surface area contributed by atoms with E-state index in [0.717, 1.165) is 0 Å². The molecule has 4 amide bonds. The number of anilines is 2. The quantitative estimate of drug-likeness (QED) is 0.0947. The van der Waals surface area contributed by atoms with Crippen molar-refractivity contribution in [2.75, 3.05) is 10.6 Å². The second-order valence-corrected chi connectivity index (χ2v) is 11.3. The third kappa shape index (κ3) is 10.9. The van der Waals surface area contributed by atoms with Gasteiger partial charge in [0.1, 0.15) is 0 Å². The first-order valence-corrected chi connectivity index (χ1v) is 15.3. The zero-order valence-electron chi connectivity index (χ0n) is 25.6. The summed E-state index contributed by atoms with van der Waals surface area (Å²) in [5.74, 6) is -1.25. The topological polar surface area (TPSA) is 141 Å². The maximum absolute atomic E-state index is 12.5. The molecule has 0 fully saturated rings. The Labute approximate surface area is 282 Å². The van der Waals surface area contributed by atoms with Gasteiger partial charge in [0.15, 0.2) is 0 Å². The van der Waals surface area contributed by atoms with E-state index in [9.17, 15) is 19.2 Å². The van der Waals surface area contributed by atoms with Crippen molar-refractivity contribution in [3.63, 3.8) is 0 Å². The van der Waals surface area contributed by atoms with E-state index in [0.29, 0.717) is 61.5 Å². The maximum Gasteiger partial charge on any atom is 0.255 e. The van der Waals surface area contributed by atoms with Crippen LogP contribution in [0.5, 0.6) is 0 Å². The zero-order chi connectivity index (χ0) is 33.8. The second kappa shape index (κ2) is 16.8. The van der Waals surface area contributed by atoms with Crippen LogP contribution in [-0.2, 0) is 9.59 Å². The molecule has 0 bridgehead atoms. The van der Waals surface area contributed by atoms with Gasteiger partial charge in [-0.05, 0) is 104 Å². The van der Waals surface area contributed by atoms with Crippen LogP contribution in [0.25, 0.3) is 0 Å². The maximum atomic E-state index is 12.5. The highest BCUT2D eigenvalue weighted by atomic mass is 35.5. The molecule has 4 aromatic carbocycles. The van der Waals surface area contributed by atoms with Gasteiger partial charge in [0, 0.05) is 45.4 Å². The predicted molar refractivity (Wildman–Crippen MR) is 186 cm³/mol. The summed E-state index contributed by atoms with van der Waals surface area (Å²) in [5, 5.41) is 15.0. The number of nitrogens with one attached hydrogen (secondary N) is 4. The van der Waals surface area contributed by atoms with E-state index in [1.54, 1.807) is 98.8 Å². The van der Waals surface area contributed by atoms with E-state index in [-0.39, 0.29) is 36.5 Å². The Morgan fingerprint density at radius 2 is 0.936 bits per heavy atom. The molecule has 0 aliphatic heterocycles. The van der Waals surface area contributed by atoms with Crippen molar-refractivity contribution in [1.82, 2.24) is 10.9 Å². The summed E-state index contributed by atoms with van der Waals surface area (Å²) in [5.41, 5.74) is 9.58. The normalized spacial score (nSPS) is 11.4. The number of hydrogen-bond acceptors (Lipinski definition) is 6. The summed E-state index contributed by atoms with van der Waals surface area (Å²) in [6.45, 7) is 3.47. The number of amides is 4. The summed E-state index contributed by atoms with van der Waals surface area (Å²) >= 11 is 11.8. The molecule has 0 aliphatic rings. The SMILES string of the molecule is C/C(=N\NC(=O)CCCC(=O)N/N=C(\C)c1cccc(NC(=O)c2ccc(Cl)cc2)c1)c1cccc(NC(=O)c2ccc(Cl)cc2)c1. The summed E-state index contributed by atoms with van der Waals surface area (Å²) in [7, 11) is 0. The zero-order valence-corrected chi connectivity index (χ0v) is 27.2. The number of hydrogen-bond donors (Lipinski definition) is 4. The molecule has 0 saturated carbocycles. The Balaban J connectivity index is 1.20. The van der Waals surface area contributed by atoms with Crippen LogP contribution in [-0.4, -0.2) is 35.1 Å². The van der Waals surface area contributed by atoms with Crippen LogP contribution in [0.1, 0.15) is 65.0 Å². The molecular weight excluding hydrogens is 639 g/mol. The second-order valence-electron chi connectivity index (χ2n) is 10.4. The number of hydrazone groups is 2. The lowest BCUT2D eigenvalue weighted by atomic mass is 10.1. The van der Waals surface area contributed by atoms with E-state index >= 15 is 0 Å². The van der Waals surface area contributed by atoms with Gasteiger partial charge in [0.2, 0.25) is 11.8 Å². The largest absolute Gasteiger partial charge is 0.322 e. The predicted octanol–water partition coefficient (Wildman–Crippen LogP) is 7.05. The third-order valence-corrected chi connectivity index (χ3v) is 7.30. The lowest BCUT2D eigenvalue weighted by Gasteiger charge is -2.08. The molecule has 0 unspecified atom stereocenters. The fourth-order valence-corrected chi connectivity index (χ4v) is 4.45. The van der Waals surface area contributed by atoms with Gasteiger partial charge < -0.3 is 10.6 Å². The standard InChI is InChI=1S/C35H32Cl2N6O4/c1-22(26-6-3-8-30(20-26)38-34(46)24-12-16-28(36)17-13-24)40-42-32(44)10-5-11-33(45)43-41-23(2)27-7-4-9-31(21-27)39-35(47)25-14-18-29(37)19-15-25/h3-4,6-9,12-21H,5,10-11H2,1-2H3,(H,38,46)(H,39,47)(H,42,44)(H,43,45)/b40-22+,41-23+. The molecular formula is C35H32Cl2N6O4. The Kier molecular flexibility index (Phi) is 12.4. The van der Waals surface area contributed by atoms with Crippen LogP contribution in [0.3, 0.4) is 0 Å². The third-order valence-electron chi connectivity index (χ3n) is 6.79. The van der Waals surface area contributed by atoms with Gasteiger partial charge >= 0.3 is 0 Å². The molecule has 0 saturated heterocycles. The molecule has 240 valence electrons. The highest BCUT2D eigenvalue weighted by molar-refractivity contribution is 6.31. The number of carbonyl (C=O) groups is 4. The number of rotatable bonds is 12. The molecule has 12 heteroatoms. The number of benzene rings is 4. The molecule has 0 radical (unpaired) electrons. The summed E-state index contributed by atoms with van der Waals surface area (Å²) in [4.78, 5) is 49.7. The smallest absolute Gasteiger partial charge is 0.255 e. The molecule has 0 spiro atoms. The van der Waals surface area contributed by atoms with Gasteiger partial charge in [0.25, 0.3) is 11.8 Å². The van der Waals surface area contributed by atoms with E-state index < -0.39 is 0 Å². The van der Waals surface area contributed by atoms with Crippen LogP contribution in [0.2, 0.25) is 10.0 Å². The van der Waals surface area contributed by atoms with Gasteiger partial charge in [-0.1, -0.05) is 47.5 Å². The first-order valence-electron chi connectivity index (χ1n) is 14.6. The van der Waals surface area contributed by atoms with Crippen molar-refractivity contribution in [2.24, 2.45) is 10.2 Å². The minimum Gasteiger partial charge on any atom is -0.322 e. The van der Waals surface area contributed by atoms with Crippen molar-refractivity contribution in [3.05, 3.63) is 129 Å². The number of nitrogens with zero attached hydrogens (tertiary/aromatic N) is 2. The highest BCUT2D eigenvalue weighted by Crippen LogP contribution is 2.17. The molecule has 0 atom stereocenters. The van der Waals surface area contributed by atoms with Crippen molar-refractivity contribution in [1.29, 1.82) is 0 Å². The molecule has 0 aliphatic carbocycles. The molecule has 4 aromatic rings. The van der Waals surface area contributed by atoms with Crippen molar-refractivity contribution < 1.29 is 19.2 Å². The fraction of sp³-hybridized carbons (Fsp3) is 0.143. The molecule has 47 heavy (non-hydrogen) atoms. The van der Waals surface area contributed by atoms with Crippen LogP contribution in [0, 0.1) is 0 Å². The number of carbonyl (C=O) groups excluding carboxylic acids is 4. The van der Waals surface area contributed by atoms with E-state index in [1.165, 1.54) is 0 Å². The fourth-order valence-electron chi connectivity index (χ4n) is 4.20. The van der Waals surface area contributed by atoms with Crippen LogP contribution < -0.4 is 21.5 Å². The number of halogens is 2. The molecule has 4 rings (SSSR count). The van der Waals surface area contributed by atoms with Crippen molar-refractivity contribution in [2.45, 2.75) is 33.1 Å². The van der Waals surface area contributed by atoms with Crippen molar-refractivity contribution >= 4 is 69.6 Å².